The number of carboxylic acid groups (broad SMARTS) is 1. The van der Waals surface area contributed by atoms with E-state index in [-0.39, 0.29) is 6.42 Å². The number of nitrogens with one attached hydrogen (secondary N) is 1. The second kappa shape index (κ2) is 7.99. The van der Waals surface area contributed by atoms with Crippen molar-refractivity contribution in [3.05, 3.63) is 42.5 Å². The van der Waals surface area contributed by atoms with Gasteiger partial charge in [0, 0.05) is 5.56 Å². The molecule has 0 aromatic heterocycles. The fourth-order valence-electron chi connectivity index (χ4n) is 1.55. The Morgan fingerprint density at radius 1 is 1.40 bits per heavy atom. The van der Waals surface area contributed by atoms with E-state index in [9.17, 15) is 9.59 Å². The van der Waals surface area contributed by atoms with Crippen LogP contribution in [0.15, 0.2) is 36.9 Å². The first-order valence-corrected chi connectivity index (χ1v) is 6.46. The van der Waals surface area contributed by atoms with Crippen molar-refractivity contribution in [1.29, 1.82) is 0 Å². The number of ether oxygens (including phenoxy) is 1. The summed E-state index contributed by atoms with van der Waals surface area (Å²) in [4.78, 5) is 22.9. The molecule has 108 valence electrons. The maximum absolute atomic E-state index is 11.9. The van der Waals surface area contributed by atoms with Crippen LogP contribution in [0.25, 0.3) is 0 Å². The molecule has 2 N–H and O–H groups in total. The van der Waals surface area contributed by atoms with Gasteiger partial charge in [-0.2, -0.15) is 0 Å². The number of benzene rings is 1. The number of hydrogen-bond donors (Lipinski definition) is 2. The zero-order chi connectivity index (χ0) is 15.0. The molecule has 5 heteroatoms. The molecule has 0 saturated carbocycles. The number of aliphatic carboxylic acids is 1. The van der Waals surface area contributed by atoms with Gasteiger partial charge >= 0.3 is 5.97 Å². The number of hydrogen-bond acceptors (Lipinski definition) is 3. The molecule has 0 bridgehead atoms. The van der Waals surface area contributed by atoms with Crippen molar-refractivity contribution in [1.82, 2.24) is 5.32 Å². The van der Waals surface area contributed by atoms with Crippen molar-refractivity contribution < 1.29 is 19.4 Å². The van der Waals surface area contributed by atoms with Gasteiger partial charge in [0.05, 0.1) is 6.61 Å². The maximum Gasteiger partial charge on any atom is 0.326 e. The highest BCUT2D eigenvalue weighted by molar-refractivity contribution is 5.96. The predicted molar refractivity (Wildman–Crippen MR) is 75.9 cm³/mol. The topological polar surface area (TPSA) is 75.6 Å². The highest BCUT2D eigenvalue weighted by atomic mass is 16.5. The summed E-state index contributed by atoms with van der Waals surface area (Å²) in [6, 6.07) is 5.62. The van der Waals surface area contributed by atoms with Crippen LogP contribution in [0, 0.1) is 0 Å². The van der Waals surface area contributed by atoms with E-state index >= 15 is 0 Å². The minimum atomic E-state index is -1.08. The van der Waals surface area contributed by atoms with Gasteiger partial charge in [0.1, 0.15) is 11.8 Å². The first kappa shape index (κ1) is 15.8. The molecule has 5 nitrogen and oxygen atoms in total. The predicted octanol–water partition coefficient (Wildman–Crippen LogP) is 2.23. The number of amides is 1. The summed E-state index contributed by atoms with van der Waals surface area (Å²) in [7, 11) is 0. The van der Waals surface area contributed by atoms with Crippen LogP contribution >= 0.6 is 0 Å². The van der Waals surface area contributed by atoms with Crippen LogP contribution in [0.3, 0.4) is 0 Å². The average Bonchev–Trinajstić information content (AvgIpc) is 2.45. The SMILES string of the molecule is C=CCC(NC(=O)c1ccc(OCCC)cc1)C(=O)O. The molecule has 0 aliphatic rings. The minimum absolute atomic E-state index is 0.179. The van der Waals surface area contributed by atoms with E-state index in [0.29, 0.717) is 17.9 Å². The lowest BCUT2D eigenvalue weighted by atomic mass is 10.1. The summed E-state index contributed by atoms with van der Waals surface area (Å²) < 4.78 is 5.41. The molecule has 1 unspecified atom stereocenters. The fourth-order valence-corrected chi connectivity index (χ4v) is 1.55. The van der Waals surface area contributed by atoms with Crippen LogP contribution in [0.1, 0.15) is 30.1 Å². The highest BCUT2D eigenvalue weighted by Crippen LogP contribution is 2.12. The van der Waals surface area contributed by atoms with Crippen molar-refractivity contribution in [2.75, 3.05) is 6.61 Å². The normalized spacial score (nSPS) is 11.4. The summed E-state index contributed by atoms with van der Waals surface area (Å²) in [5, 5.41) is 11.4. The smallest absolute Gasteiger partial charge is 0.326 e. The molecule has 20 heavy (non-hydrogen) atoms. The van der Waals surface area contributed by atoms with E-state index in [1.54, 1.807) is 24.3 Å². The molecule has 0 fully saturated rings. The van der Waals surface area contributed by atoms with Gasteiger partial charge in [0.15, 0.2) is 0 Å². The zero-order valence-corrected chi connectivity index (χ0v) is 11.5. The molecule has 1 atom stereocenters. The van der Waals surface area contributed by atoms with Gasteiger partial charge in [0.25, 0.3) is 5.91 Å². The molecule has 1 rings (SSSR count). The van der Waals surface area contributed by atoms with Gasteiger partial charge in [-0.3, -0.25) is 4.79 Å². The largest absolute Gasteiger partial charge is 0.494 e. The van der Waals surface area contributed by atoms with Gasteiger partial charge in [-0.05, 0) is 37.1 Å². The number of rotatable bonds is 8. The quantitative estimate of drug-likeness (QED) is 0.714. The molecule has 1 amide bonds. The summed E-state index contributed by atoms with van der Waals surface area (Å²) in [5.74, 6) is -0.827. The van der Waals surface area contributed by atoms with E-state index in [1.165, 1.54) is 6.08 Å². The Morgan fingerprint density at radius 3 is 2.55 bits per heavy atom. The van der Waals surface area contributed by atoms with Crippen LogP contribution < -0.4 is 10.1 Å². The second-order valence-corrected chi connectivity index (χ2v) is 4.26. The van der Waals surface area contributed by atoms with E-state index in [4.69, 9.17) is 9.84 Å². The molecule has 0 radical (unpaired) electrons. The molecular formula is C15H19NO4. The van der Waals surface area contributed by atoms with Crippen molar-refractivity contribution in [2.24, 2.45) is 0 Å². The third-order valence-electron chi connectivity index (χ3n) is 2.60. The Labute approximate surface area is 118 Å². The first-order chi connectivity index (χ1) is 9.58. The molecular weight excluding hydrogens is 258 g/mol. The molecule has 1 aromatic rings. The lowest BCUT2D eigenvalue weighted by Crippen LogP contribution is -2.40. The lowest BCUT2D eigenvalue weighted by Gasteiger charge is -2.12. The van der Waals surface area contributed by atoms with Crippen LogP contribution in [0.2, 0.25) is 0 Å². The van der Waals surface area contributed by atoms with Gasteiger partial charge < -0.3 is 15.2 Å². The van der Waals surface area contributed by atoms with Crippen LogP contribution in [-0.2, 0) is 4.79 Å². The molecule has 0 spiro atoms. The molecule has 0 aliphatic carbocycles. The fraction of sp³-hybridized carbons (Fsp3) is 0.333. The van der Waals surface area contributed by atoms with E-state index in [2.05, 4.69) is 11.9 Å². The number of carboxylic acids is 1. The van der Waals surface area contributed by atoms with E-state index in [1.807, 2.05) is 6.92 Å². The first-order valence-electron chi connectivity index (χ1n) is 6.46. The Kier molecular flexibility index (Phi) is 6.29. The highest BCUT2D eigenvalue weighted by Gasteiger charge is 2.18. The monoisotopic (exact) mass is 277 g/mol. The second-order valence-electron chi connectivity index (χ2n) is 4.26. The van der Waals surface area contributed by atoms with Gasteiger partial charge in [-0.1, -0.05) is 13.0 Å². The summed E-state index contributed by atoms with van der Waals surface area (Å²) in [6.45, 7) is 6.10. The Hall–Kier alpha value is -2.30. The maximum atomic E-state index is 11.9. The van der Waals surface area contributed by atoms with Crippen molar-refractivity contribution in [3.63, 3.8) is 0 Å². The van der Waals surface area contributed by atoms with Crippen molar-refractivity contribution in [2.45, 2.75) is 25.8 Å². The lowest BCUT2D eigenvalue weighted by molar-refractivity contribution is -0.139. The molecule has 0 aliphatic heterocycles. The summed E-state index contributed by atoms with van der Waals surface area (Å²) in [5.41, 5.74) is 0.393. The molecule has 0 saturated heterocycles. The Bertz CT molecular complexity index is 467. The average molecular weight is 277 g/mol. The summed E-state index contributed by atoms with van der Waals surface area (Å²) in [6.07, 6.45) is 2.55. The van der Waals surface area contributed by atoms with Gasteiger partial charge in [-0.25, -0.2) is 4.79 Å². The van der Waals surface area contributed by atoms with Crippen LogP contribution in [0.4, 0.5) is 0 Å². The third-order valence-corrected chi connectivity index (χ3v) is 2.60. The van der Waals surface area contributed by atoms with E-state index in [0.717, 1.165) is 6.42 Å². The minimum Gasteiger partial charge on any atom is -0.494 e. The van der Waals surface area contributed by atoms with Gasteiger partial charge in [-0.15, -0.1) is 6.58 Å². The zero-order valence-electron chi connectivity index (χ0n) is 11.5. The van der Waals surface area contributed by atoms with Crippen molar-refractivity contribution >= 4 is 11.9 Å². The van der Waals surface area contributed by atoms with Gasteiger partial charge in [0.2, 0.25) is 0 Å². The Morgan fingerprint density at radius 2 is 2.05 bits per heavy atom. The van der Waals surface area contributed by atoms with Crippen LogP contribution in [0.5, 0.6) is 5.75 Å². The summed E-state index contributed by atoms with van der Waals surface area (Å²) >= 11 is 0. The van der Waals surface area contributed by atoms with E-state index < -0.39 is 17.9 Å². The molecule has 0 heterocycles. The number of carbonyl (C=O) groups excluding carboxylic acids is 1. The standard InChI is InChI=1S/C15H19NO4/c1-3-5-13(15(18)19)16-14(17)11-6-8-12(9-7-11)20-10-4-2/h3,6-9,13H,1,4-5,10H2,2H3,(H,16,17)(H,18,19). The van der Waals surface area contributed by atoms with Crippen LogP contribution in [-0.4, -0.2) is 29.6 Å². The molecule has 1 aromatic carbocycles. The Balaban J connectivity index is 2.66. The number of carbonyl (C=O) groups is 2. The van der Waals surface area contributed by atoms with Crippen molar-refractivity contribution in [3.8, 4) is 5.75 Å². The third kappa shape index (κ3) is 4.76.